The minimum absolute atomic E-state index is 0.0586. The highest BCUT2D eigenvalue weighted by Crippen LogP contribution is 2.30. The van der Waals surface area contributed by atoms with Crippen LogP contribution in [-0.4, -0.2) is 40.7 Å². The molecule has 3 rings (SSSR count). The van der Waals surface area contributed by atoms with E-state index in [2.05, 4.69) is 0 Å². The third-order valence-electron chi connectivity index (χ3n) is 5.66. The van der Waals surface area contributed by atoms with E-state index in [0.717, 1.165) is 17.7 Å². The number of hydrogen-bond donors (Lipinski definition) is 0. The third-order valence-corrected chi connectivity index (χ3v) is 5.66. The first-order chi connectivity index (χ1) is 14.9. The molecule has 32 heavy (non-hydrogen) atoms. The molecule has 1 aliphatic rings. The molecular formula is C25H29F3N2O2. The van der Waals surface area contributed by atoms with Gasteiger partial charge in [0.2, 0.25) is 11.8 Å². The largest absolute Gasteiger partial charge is 0.416 e. The Bertz CT molecular complexity index is 952. The number of amides is 2. The van der Waals surface area contributed by atoms with Gasteiger partial charge in [-0.3, -0.25) is 9.59 Å². The molecule has 7 heteroatoms. The second-order valence-electron chi connectivity index (χ2n) is 9.33. The van der Waals surface area contributed by atoms with Crippen LogP contribution >= 0.6 is 0 Å². The lowest BCUT2D eigenvalue weighted by molar-refractivity contribution is -0.153. The van der Waals surface area contributed by atoms with Crippen LogP contribution in [0.2, 0.25) is 0 Å². The fourth-order valence-corrected chi connectivity index (χ4v) is 3.99. The summed E-state index contributed by atoms with van der Waals surface area (Å²) in [6.45, 7) is 5.83. The van der Waals surface area contributed by atoms with E-state index in [1.807, 2.05) is 51.1 Å². The molecule has 2 amide bonds. The SMILES string of the molecule is CC(C)(C)C(=O)N1CC(=O)N(Cc2cccc(C(F)(F)F)c2)[C@@H](CCc2ccccc2)C1. The summed E-state index contributed by atoms with van der Waals surface area (Å²) >= 11 is 0. The van der Waals surface area contributed by atoms with Crippen molar-refractivity contribution < 1.29 is 22.8 Å². The van der Waals surface area contributed by atoms with Gasteiger partial charge in [-0.1, -0.05) is 63.2 Å². The van der Waals surface area contributed by atoms with Crippen molar-refractivity contribution >= 4 is 11.8 Å². The van der Waals surface area contributed by atoms with Crippen LogP contribution < -0.4 is 0 Å². The van der Waals surface area contributed by atoms with Crippen molar-refractivity contribution in [1.82, 2.24) is 9.80 Å². The number of halogens is 3. The summed E-state index contributed by atoms with van der Waals surface area (Å²) in [5.41, 5.74) is 0.185. The molecule has 1 fully saturated rings. The Morgan fingerprint density at radius 2 is 1.66 bits per heavy atom. The number of aryl methyl sites for hydroxylation is 1. The van der Waals surface area contributed by atoms with E-state index < -0.39 is 17.2 Å². The van der Waals surface area contributed by atoms with Crippen molar-refractivity contribution in [1.29, 1.82) is 0 Å². The molecule has 0 unspecified atom stereocenters. The van der Waals surface area contributed by atoms with Crippen LogP contribution in [-0.2, 0) is 28.7 Å². The topological polar surface area (TPSA) is 40.6 Å². The van der Waals surface area contributed by atoms with Crippen LogP contribution in [0.15, 0.2) is 54.6 Å². The zero-order chi connectivity index (χ0) is 23.5. The summed E-state index contributed by atoms with van der Waals surface area (Å²) in [5.74, 6) is -0.349. The molecular weight excluding hydrogens is 417 g/mol. The first kappa shape index (κ1) is 23.8. The Kier molecular flexibility index (Phi) is 6.96. The predicted molar refractivity (Wildman–Crippen MR) is 117 cm³/mol. The van der Waals surface area contributed by atoms with E-state index >= 15 is 0 Å². The number of hydrogen-bond acceptors (Lipinski definition) is 2. The molecule has 0 N–H and O–H groups in total. The fraction of sp³-hybridized carbons (Fsp3) is 0.440. The summed E-state index contributed by atoms with van der Waals surface area (Å²) in [7, 11) is 0. The molecule has 1 atom stereocenters. The lowest BCUT2D eigenvalue weighted by Crippen LogP contribution is -2.59. The maximum Gasteiger partial charge on any atom is 0.416 e. The minimum atomic E-state index is -4.44. The number of carbonyl (C=O) groups excluding carboxylic acids is 2. The Labute approximate surface area is 187 Å². The number of rotatable bonds is 5. The highest BCUT2D eigenvalue weighted by molar-refractivity contribution is 5.88. The highest BCUT2D eigenvalue weighted by atomic mass is 19.4. The molecule has 172 valence electrons. The lowest BCUT2D eigenvalue weighted by atomic mass is 9.93. The average molecular weight is 447 g/mol. The summed E-state index contributed by atoms with van der Waals surface area (Å²) < 4.78 is 39.4. The van der Waals surface area contributed by atoms with Gasteiger partial charge in [0, 0.05) is 18.5 Å². The molecule has 0 spiro atoms. The summed E-state index contributed by atoms with van der Waals surface area (Å²) in [6, 6.07) is 14.6. The zero-order valence-electron chi connectivity index (χ0n) is 18.7. The molecule has 2 aromatic rings. The Morgan fingerprint density at radius 1 is 1.00 bits per heavy atom. The van der Waals surface area contributed by atoms with Crippen LogP contribution in [0.25, 0.3) is 0 Å². The molecule has 0 aromatic heterocycles. The normalized spacial score (nSPS) is 17.6. The van der Waals surface area contributed by atoms with Gasteiger partial charge in [-0.25, -0.2) is 0 Å². The number of carbonyl (C=O) groups is 2. The minimum Gasteiger partial charge on any atom is -0.332 e. The molecule has 0 saturated carbocycles. The standard InChI is InChI=1S/C25H29F3N2O2/c1-24(2,3)23(32)29-16-21(13-12-18-8-5-4-6-9-18)30(22(31)17-29)15-19-10-7-11-20(14-19)25(26,27)28/h4-11,14,21H,12-13,15-17H2,1-3H3/t21-/m0/s1. The quantitative estimate of drug-likeness (QED) is 0.654. The second-order valence-corrected chi connectivity index (χ2v) is 9.33. The van der Waals surface area contributed by atoms with Crippen molar-refractivity contribution in [2.75, 3.05) is 13.1 Å². The van der Waals surface area contributed by atoms with Crippen molar-refractivity contribution in [2.45, 2.75) is 52.4 Å². The molecule has 0 radical (unpaired) electrons. The van der Waals surface area contributed by atoms with Crippen LogP contribution in [0.5, 0.6) is 0 Å². The van der Waals surface area contributed by atoms with Gasteiger partial charge in [0.25, 0.3) is 0 Å². The van der Waals surface area contributed by atoms with Gasteiger partial charge in [0.1, 0.15) is 0 Å². The number of piperazine rings is 1. The Balaban J connectivity index is 1.83. The van der Waals surface area contributed by atoms with E-state index in [1.54, 1.807) is 15.9 Å². The average Bonchev–Trinajstić information content (AvgIpc) is 2.73. The van der Waals surface area contributed by atoms with Gasteiger partial charge in [-0.2, -0.15) is 13.2 Å². The molecule has 2 aromatic carbocycles. The third kappa shape index (κ3) is 5.90. The zero-order valence-corrected chi connectivity index (χ0v) is 18.7. The summed E-state index contributed by atoms with van der Waals surface area (Å²) in [5, 5.41) is 0. The number of nitrogens with zero attached hydrogens (tertiary/aromatic N) is 2. The van der Waals surface area contributed by atoms with Crippen molar-refractivity contribution in [3.63, 3.8) is 0 Å². The molecule has 4 nitrogen and oxygen atoms in total. The van der Waals surface area contributed by atoms with Crippen molar-refractivity contribution in [2.24, 2.45) is 5.41 Å². The summed E-state index contributed by atoms with van der Waals surface area (Å²) in [6.07, 6.45) is -3.12. The highest BCUT2D eigenvalue weighted by Gasteiger charge is 2.38. The van der Waals surface area contributed by atoms with E-state index in [4.69, 9.17) is 0 Å². The van der Waals surface area contributed by atoms with Gasteiger partial charge in [0.15, 0.2) is 0 Å². The monoisotopic (exact) mass is 446 g/mol. The van der Waals surface area contributed by atoms with Crippen LogP contribution in [0.1, 0.15) is 43.9 Å². The number of alkyl halides is 3. The lowest BCUT2D eigenvalue weighted by Gasteiger charge is -2.43. The Hall–Kier alpha value is -2.83. The smallest absolute Gasteiger partial charge is 0.332 e. The van der Waals surface area contributed by atoms with Crippen LogP contribution in [0.4, 0.5) is 13.2 Å². The molecule has 0 aliphatic carbocycles. The van der Waals surface area contributed by atoms with E-state index in [-0.39, 0.29) is 30.9 Å². The van der Waals surface area contributed by atoms with Gasteiger partial charge in [0.05, 0.1) is 18.2 Å². The van der Waals surface area contributed by atoms with Gasteiger partial charge >= 0.3 is 6.18 Å². The van der Waals surface area contributed by atoms with Crippen LogP contribution in [0.3, 0.4) is 0 Å². The molecule has 0 bridgehead atoms. The molecule has 1 heterocycles. The second kappa shape index (κ2) is 9.35. The van der Waals surface area contributed by atoms with Crippen molar-refractivity contribution in [3.8, 4) is 0 Å². The van der Waals surface area contributed by atoms with E-state index in [1.165, 1.54) is 6.07 Å². The first-order valence-electron chi connectivity index (χ1n) is 10.7. The first-order valence-corrected chi connectivity index (χ1v) is 10.7. The fourth-order valence-electron chi connectivity index (χ4n) is 3.99. The van der Waals surface area contributed by atoms with Gasteiger partial charge in [-0.15, -0.1) is 0 Å². The van der Waals surface area contributed by atoms with Gasteiger partial charge in [-0.05, 0) is 36.1 Å². The number of benzene rings is 2. The van der Waals surface area contributed by atoms with Crippen molar-refractivity contribution in [3.05, 3.63) is 71.3 Å². The van der Waals surface area contributed by atoms with E-state index in [9.17, 15) is 22.8 Å². The predicted octanol–water partition coefficient (Wildman–Crippen LogP) is 4.92. The molecule has 1 aliphatic heterocycles. The van der Waals surface area contributed by atoms with Crippen LogP contribution in [0, 0.1) is 5.41 Å². The Morgan fingerprint density at radius 3 is 2.28 bits per heavy atom. The molecule has 1 saturated heterocycles. The maximum absolute atomic E-state index is 13.1. The van der Waals surface area contributed by atoms with Gasteiger partial charge < -0.3 is 9.80 Å². The van der Waals surface area contributed by atoms with E-state index in [0.29, 0.717) is 24.9 Å². The summed E-state index contributed by atoms with van der Waals surface area (Å²) in [4.78, 5) is 29.1. The maximum atomic E-state index is 13.1.